The number of nitrogens with zero attached hydrogens (tertiary/aromatic N) is 3. The highest BCUT2D eigenvalue weighted by molar-refractivity contribution is 7.17. The molecule has 0 aromatic carbocycles. The minimum atomic E-state index is -0.773. The molecular weight excluding hydrogens is 262 g/mol. The zero-order valence-corrected chi connectivity index (χ0v) is 10.7. The van der Waals surface area contributed by atoms with E-state index in [1.807, 2.05) is 11.4 Å². The Kier molecular flexibility index (Phi) is 3.10. The van der Waals surface area contributed by atoms with E-state index in [4.69, 9.17) is 0 Å². The van der Waals surface area contributed by atoms with Crippen molar-refractivity contribution in [3.05, 3.63) is 58.2 Å². The molecule has 0 saturated heterocycles. The maximum Gasteiger partial charge on any atom is 0.271 e. The van der Waals surface area contributed by atoms with Gasteiger partial charge in [-0.1, -0.05) is 6.07 Å². The molecular formula is C13H11N3O2S. The van der Waals surface area contributed by atoms with Gasteiger partial charge in [0, 0.05) is 18.0 Å². The van der Waals surface area contributed by atoms with Crippen LogP contribution in [-0.4, -0.2) is 19.6 Å². The number of hydrogen-bond acceptors (Lipinski definition) is 5. The minimum absolute atomic E-state index is 0.122. The fourth-order valence-corrected chi connectivity index (χ4v) is 2.67. The first-order chi connectivity index (χ1) is 9.25. The second-order valence-electron chi connectivity index (χ2n) is 4.14. The Morgan fingerprint density at radius 2 is 2.32 bits per heavy atom. The molecule has 5 nitrogen and oxygen atoms in total. The predicted molar refractivity (Wildman–Crippen MR) is 73.1 cm³/mol. The van der Waals surface area contributed by atoms with Gasteiger partial charge in [0.05, 0.1) is 24.5 Å². The molecule has 0 bridgehead atoms. The van der Waals surface area contributed by atoms with E-state index in [2.05, 4.69) is 9.97 Å². The molecule has 0 amide bonds. The Hall–Kier alpha value is -2.05. The molecule has 96 valence electrons. The summed E-state index contributed by atoms with van der Waals surface area (Å²) in [5.74, 6) is 0. The molecule has 19 heavy (non-hydrogen) atoms. The van der Waals surface area contributed by atoms with E-state index in [1.54, 1.807) is 24.5 Å². The van der Waals surface area contributed by atoms with Crippen molar-refractivity contribution in [2.24, 2.45) is 0 Å². The van der Waals surface area contributed by atoms with Crippen molar-refractivity contribution in [2.45, 2.75) is 12.6 Å². The molecule has 0 saturated carbocycles. The van der Waals surface area contributed by atoms with E-state index >= 15 is 0 Å². The van der Waals surface area contributed by atoms with Crippen LogP contribution < -0.4 is 5.56 Å². The SMILES string of the molecule is O=c1c2sccc2ncn1C[C@@H](O)c1cccnc1. The van der Waals surface area contributed by atoms with Crippen LogP contribution in [0.3, 0.4) is 0 Å². The predicted octanol–water partition coefficient (Wildman–Crippen LogP) is 1.59. The number of aliphatic hydroxyl groups excluding tert-OH is 1. The van der Waals surface area contributed by atoms with Gasteiger partial charge in [-0.3, -0.25) is 14.3 Å². The van der Waals surface area contributed by atoms with Gasteiger partial charge >= 0.3 is 0 Å². The number of pyridine rings is 1. The number of rotatable bonds is 3. The lowest BCUT2D eigenvalue weighted by atomic mass is 10.1. The molecule has 0 radical (unpaired) electrons. The van der Waals surface area contributed by atoms with E-state index in [0.29, 0.717) is 15.8 Å². The molecule has 1 atom stereocenters. The van der Waals surface area contributed by atoms with Gasteiger partial charge in [0.25, 0.3) is 5.56 Å². The fraction of sp³-hybridized carbons (Fsp3) is 0.154. The molecule has 0 spiro atoms. The van der Waals surface area contributed by atoms with Crippen LogP contribution in [0.4, 0.5) is 0 Å². The summed E-state index contributed by atoms with van der Waals surface area (Å²) in [6.07, 6.45) is 3.93. The average Bonchev–Trinajstić information content (AvgIpc) is 2.92. The number of aliphatic hydroxyl groups is 1. The Balaban J connectivity index is 1.93. The Labute approximate surface area is 112 Å². The van der Waals surface area contributed by atoms with Gasteiger partial charge in [-0.15, -0.1) is 11.3 Å². The van der Waals surface area contributed by atoms with Gasteiger partial charge in [0.1, 0.15) is 4.70 Å². The monoisotopic (exact) mass is 273 g/mol. The van der Waals surface area contributed by atoms with Crippen molar-refractivity contribution in [3.63, 3.8) is 0 Å². The molecule has 3 aromatic rings. The van der Waals surface area contributed by atoms with Crippen LogP contribution in [-0.2, 0) is 6.54 Å². The fourth-order valence-electron chi connectivity index (χ4n) is 1.87. The van der Waals surface area contributed by atoms with E-state index in [-0.39, 0.29) is 12.1 Å². The van der Waals surface area contributed by atoms with Gasteiger partial charge in [-0.05, 0) is 17.5 Å². The molecule has 0 fully saturated rings. The second kappa shape index (κ2) is 4.91. The maximum atomic E-state index is 12.2. The highest BCUT2D eigenvalue weighted by Gasteiger charge is 2.11. The zero-order chi connectivity index (χ0) is 13.2. The largest absolute Gasteiger partial charge is 0.386 e. The first-order valence-electron chi connectivity index (χ1n) is 5.76. The lowest BCUT2D eigenvalue weighted by Crippen LogP contribution is -2.23. The van der Waals surface area contributed by atoms with Gasteiger partial charge in [-0.25, -0.2) is 4.98 Å². The molecule has 0 aliphatic rings. The van der Waals surface area contributed by atoms with Crippen LogP contribution in [0.15, 0.2) is 47.1 Å². The van der Waals surface area contributed by atoms with Gasteiger partial charge in [-0.2, -0.15) is 0 Å². The summed E-state index contributed by atoms with van der Waals surface area (Å²) in [4.78, 5) is 20.3. The third-order valence-corrected chi connectivity index (χ3v) is 3.77. The highest BCUT2D eigenvalue weighted by atomic mass is 32.1. The molecule has 0 unspecified atom stereocenters. The minimum Gasteiger partial charge on any atom is -0.386 e. The summed E-state index contributed by atoms with van der Waals surface area (Å²) in [5, 5.41) is 11.9. The Morgan fingerprint density at radius 1 is 1.42 bits per heavy atom. The first-order valence-corrected chi connectivity index (χ1v) is 6.64. The van der Waals surface area contributed by atoms with Crippen molar-refractivity contribution < 1.29 is 5.11 Å². The summed E-state index contributed by atoms with van der Waals surface area (Å²) in [7, 11) is 0. The van der Waals surface area contributed by atoms with Gasteiger partial charge in [0.2, 0.25) is 0 Å². The molecule has 3 aromatic heterocycles. The van der Waals surface area contributed by atoms with Crippen LogP contribution in [0.5, 0.6) is 0 Å². The van der Waals surface area contributed by atoms with Crippen LogP contribution >= 0.6 is 11.3 Å². The first kappa shape index (κ1) is 12.0. The van der Waals surface area contributed by atoms with E-state index in [9.17, 15) is 9.90 Å². The topological polar surface area (TPSA) is 68.0 Å². The van der Waals surface area contributed by atoms with Crippen LogP contribution in [0, 0.1) is 0 Å². The molecule has 0 aliphatic carbocycles. The summed E-state index contributed by atoms with van der Waals surface area (Å²) < 4.78 is 2.04. The summed E-state index contributed by atoms with van der Waals surface area (Å²) >= 11 is 1.36. The van der Waals surface area contributed by atoms with Crippen molar-refractivity contribution in [1.29, 1.82) is 0 Å². The lowest BCUT2D eigenvalue weighted by molar-refractivity contribution is 0.154. The summed E-state index contributed by atoms with van der Waals surface area (Å²) in [6, 6.07) is 5.34. The average molecular weight is 273 g/mol. The third-order valence-electron chi connectivity index (χ3n) is 2.87. The van der Waals surface area contributed by atoms with E-state index in [1.165, 1.54) is 22.2 Å². The number of hydrogen-bond donors (Lipinski definition) is 1. The Morgan fingerprint density at radius 3 is 3.11 bits per heavy atom. The van der Waals surface area contributed by atoms with Gasteiger partial charge in [0.15, 0.2) is 0 Å². The maximum absolute atomic E-state index is 12.2. The van der Waals surface area contributed by atoms with Crippen molar-refractivity contribution in [3.8, 4) is 0 Å². The number of thiophene rings is 1. The molecule has 0 aliphatic heterocycles. The molecule has 3 heterocycles. The third kappa shape index (κ3) is 2.27. The van der Waals surface area contributed by atoms with E-state index < -0.39 is 6.10 Å². The van der Waals surface area contributed by atoms with Crippen molar-refractivity contribution in [2.75, 3.05) is 0 Å². The summed E-state index contributed by atoms with van der Waals surface area (Å²) in [6.45, 7) is 0.172. The molecule has 6 heteroatoms. The normalized spacial score (nSPS) is 12.7. The van der Waals surface area contributed by atoms with Gasteiger partial charge < -0.3 is 5.11 Å². The smallest absolute Gasteiger partial charge is 0.271 e. The van der Waals surface area contributed by atoms with Crippen molar-refractivity contribution in [1.82, 2.24) is 14.5 Å². The van der Waals surface area contributed by atoms with Crippen LogP contribution in [0.25, 0.3) is 10.2 Å². The standard InChI is InChI=1S/C13H11N3O2S/c17-11(9-2-1-4-14-6-9)7-16-8-15-10-3-5-19-12(10)13(16)18/h1-6,8,11,17H,7H2/t11-/m1/s1. The molecule has 3 rings (SSSR count). The van der Waals surface area contributed by atoms with Crippen LogP contribution in [0.2, 0.25) is 0 Å². The molecule has 1 N–H and O–H groups in total. The number of fused-ring (bicyclic) bond motifs is 1. The quantitative estimate of drug-likeness (QED) is 0.787. The van der Waals surface area contributed by atoms with Crippen molar-refractivity contribution >= 4 is 21.6 Å². The number of aromatic nitrogens is 3. The zero-order valence-electron chi connectivity index (χ0n) is 9.93. The second-order valence-corrected chi connectivity index (χ2v) is 5.06. The van der Waals surface area contributed by atoms with Crippen LogP contribution in [0.1, 0.15) is 11.7 Å². The Bertz CT molecular complexity index is 751. The highest BCUT2D eigenvalue weighted by Crippen LogP contribution is 2.15. The lowest BCUT2D eigenvalue weighted by Gasteiger charge is -2.12. The summed E-state index contributed by atoms with van der Waals surface area (Å²) in [5.41, 5.74) is 1.26. The van der Waals surface area contributed by atoms with E-state index in [0.717, 1.165) is 0 Å².